The number of ether oxygens (including phenoxy) is 1. The SMILES string of the molecule is CC1(C)[C@H]2CC[C@](C)(C2)[C@H]1OC(=O)c1ccccc1O. The molecule has 1 aromatic rings. The lowest BCUT2D eigenvalue weighted by molar-refractivity contribution is -0.0585. The zero-order valence-corrected chi connectivity index (χ0v) is 12.3. The van der Waals surface area contributed by atoms with E-state index in [1.54, 1.807) is 18.2 Å². The van der Waals surface area contributed by atoms with Gasteiger partial charge in [0.2, 0.25) is 0 Å². The summed E-state index contributed by atoms with van der Waals surface area (Å²) < 4.78 is 5.83. The van der Waals surface area contributed by atoms with E-state index in [0.29, 0.717) is 5.92 Å². The minimum absolute atomic E-state index is 0.0105. The summed E-state index contributed by atoms with van der Waals surface area (Å²) in [6.45, 7) is 6.63. The third-order valence-electron chi connectivity index (χ3n) is 5.49. The Morgan fingerprint density at radius 3 is 2.60 bits per heavy atom. The van der Waals surface area contributed by atoms with Crippen molar-refractivity contribution in [2.75, 3.05) is 0 Å². The summed E-state index contributed by atoms with van der Waals surface area (Å²) in [4.78, 5) is 12.3. The number of esters is 1. The first-order valence-corrected chi connectivity index (χ1v) is 7.33. The molecule has 2 fully saturated rings. The number of hydrogen-bond donors (Lipinski definition) is 1. The van der Waals surface area contributed by atoms with E-state index in [2.05, 4.69) is 20.8 Å². The molecule has 2 bridgehead atoms. The number of rotatable bonds is 2. The molecule has 0 unspecified atom stereocenters. The molecule has 3 rings (SSSR count). The molecule has 0 radical (unpaired) electrons. The maximum Gasteiger partial charge on any atom is 0.342 e. The molecule has 0 aliphatic heterocycles. The Labute approximate surface area is 120 Å². The van der Waals surface area contributed by atoms with Crippen LogP contribution in [0.25, 0.3) is 0 Å². The van der Waals surface area contributed by atoms with E-state index < -0.39 is 5.97 Å². The summed E-state index contributed by atoms with van der Waals surface area (Å²) in [5, 5.41) is 9.78. The van der Waals surface area contributed by atoms with Crippen molar-refractivity contribution in [3.05, 3.63) is 29.8 Å². The second-order valence-corrected chi connectivity index (χ2v) is 7.22. The first-order valence-electron chi connectivity index (χ1n) is 7.33. The van der Waals surface area contributed by atoms with E-state index in [4.69, 9.17) is 4.74 Å². The van der Waals surface area contributed by atoms with Gasteiger partial charge in [-0.3, -0.25) is 0 Å². The van der Waals surface area contributed by atoms with Gasteiger partial charge in [-0.15, -0.1) is 0 Å². The highest BCUT2D eigenvalue weighted by Gasteiger charge is 2.61. The van der Waals surface area contributed by atoms with Crippen molar-refractivity contribution in [2.45, 2.75) is 46.1 Å². The lowest BCUT2D eigenvalue weighted by Gasteiger charge is -2.41. The van der Waals surface area contributed by atoms with Gasteiger partial charge in [-0.1, -0.05) is 32.9 Å². The second-order valence-electron chi connectivity index (χ2n) is 7.22. The number of aromatic hydroxyl groups is 1. The van der Waals surface area contributed by atoms with Gasteiger partial charge in [0, 0.05) is 10.8 Å². The maximum atomic E-state index is 12.3. The third kappa shape index (κ3) is 1.83. The molecule has 3 heteroatoms. The Morgan fingerprint density at radius 1 is 1.30 bits per heavy atom. The van der Waals surface area contributed by atoms with Crippen molar-refractivity contribution in [2.24, 2.45) is 16.7 Å². The number of benzene rings is 1. The summed E-state index contributed by atoms with van der Waals surface area (Å²) >= 11 is 0. The van der Waals surface area contributed by atoms with Crippen LogP contribution in [-0.4, -0.2) is 17.2 Å². The Hall–Kier alpha value is -1.51. The lowest BCUT2D eigenvalue weighted by Crippen LogP contribution is -2.43. The van der Waals surface area contributed by atoms with Crippen LogP contribution in [0.3, 0.4) is 0 Å². The van der Waals surface area contributed by atoms with E-state index in [0.717, 1.165) is 12.8 Å². The number of carbonyl (C=O) groups is 1. The van der Waals surface area contributed by atoms with Crippen molar-refractivity contribution in [3.63, 3.8) is 0 Å². The van der Waals surface area contributed by atoms with Crippen LogP contribution in [0.2, 0.25) is 0 Å². The topological polar surface area (TPSA) is 46.5 Å². The summed E-state index contributed by atoms with van der Waals surface area (Å²) in [5.41, 5.74) is 0.371. The molecule has 1 aromatic carbocycles. The quantitative estimate of drug-likeness (QED) is 0.835. The van der Waals surface area contributed by atoms with Gasteiger partial charge in [-0.05, 0) is 37.3 Å². The normalized spacial score (nSPS) is 34.1. The number of phenolic OH excluding ortho intramolecular Hbond substituents is 1. The Bertz CT molecular complexity index is 544. The van der Waals surface area contributed by atoms with Crippen LogP contribution in [0.4, 0.5) is 0 Å². The molecule has 0 spiro atoms. The van der Waals surface area contributed by atoms with Gasteiger partial charge >= 0.3 is 5.97 Å². The molecule has 2 saturated carbocycles. The van der Waals surface area contributed by atoms with Gasteiger partial charge < -0.3 is 9.84 Å². The van der Waals surface area contributed by atoms with Gasteiger partial charge in [-0.25, -0.2) is 4.79 Å². The first-order chi connectivity index (χ1) is 9.34. The van der Waals surface area contributed by atoms with E-state index in [9.17, 15) is 9.90 Å². The molecule has 2 aliphatic rings. The summed E-state index contributed by atoms with van der Waals surface area (Å²) in [7, 11) is 0. The zero-order chi connectivity index (χ0) is 14.5. The molecular weight excluding hydrogens is 252 g/mol. The van der Waals surface area contributed by atoms with E-state index in [1.165, 1.54) is 12.5 Å². The Kier molecular flexibility index (Phi) is 2.86. The molecule has 20 heavy (non-hydrogen) atoms. The smallest absolute Gasteiger partial charge is 0.342 e. The van der Waals surface area contributed by atoms with Crippen LogP contribution in [-0.2, 0) is 4.74 Å². The van der Waals surface area contributed by atoms with Crippen molar-refractivity contribution >= 4 is 5.97 Å². The highest BCUT2D eigenvalue weighted by atomic mass is 16.5. The number of hydrogen-bond acceptors (Lipinski definition) is 3. The molecule has 1 N–H and O–H groups in total. The predicted octanol–water partition coefficient (Wildman–Crippen LogP) is 3.76. The highest BCUT2D eigenvalue weighted by molar-refractivity contribution is 5.92. The zero-order valence-electron chi connectivity index (χ0n) is 12.3. The van der Waals surface area contributed by atoms with Crippen LogP contribution >= 0.6 is 0 Å². The number of fused-ring (bicyclic) bond motifs is 2. The fourth-order valence-electron chi connectivity index (χ4n) is 4.37. The van der Waals surface area contributed by atoms with E-state index >= 15 is 0 Å². The second kappa shape index (κ2) is 4.24. The highest BCUT2D eigenvalue weighted by Crippen LogP contribution is 2.63. The predicted molar refractivity (Wildman–Crippen MR) is 76.5 cm³/mol. The first kappa shape index (κ1) is 13.5. The van der Waals surface area contributed by atoms with Gasteiger partial charge in [0.05, 0.1) is 0 Å². The Morgan fingerprint density at radius 2 is 2.00 bits per heavy atom. The molecule has 2 aliphatic carbocycles. The molecule has 108 valence electrons. The fraction of sp³-hybridized carbons (Fsp3) is 0.588. The van der Waals surface area contributed by atoms with Crippen molar-refractivity contribution in [1.29, 1.82) is 0 Å². The summed E-state index contributed by atoms with van der Waals surface area (Å²) in [6, 6.07) is 6.57. The lowest BCUT2D eigenvalue weighted by atomic mass is 9.70. The van der Waals surface area contributed by atoms with Gasteiger partial charge in [0.15, 0.2) is 0 Å². The maximum absolute atomic E-state index is 12.3. The molecule has 3 atom stereocenters. The summed E-state index contributed by atoms with van der Waals surface area (Å²) in [5.74, 6) is 0.216. The fourth-order valence-corrected chi connectivity index (χ4v) is 4.37. The molecular formula is C17H22O3. The van der Waals surface area contributed by atoms with Crippen LogP contribution in [0, 0.1) is 16.7 Å². The average molecular weight is 274 g/mol. The van der Waals surface area contributed by atoms with Crippen LogP contribution in [0.5, 0.6) is 5.75 Å². The average Bonchev–Trinajstić information content (AvgIpc) is 2.86. The van der Waals surface area contributed by atoms with Crippen molar-refractivity contribution in [1.82, 2.24) is 0 Å². The van der Waals surface area contributed by atoms with Gasteiger partial charge in [0.1, 0.15) is 17.4 Å². The molecule has 0 aromatic heterocycles. The molecule has 0 saturated heterocycles. The monoisotopic (exact) mass is 274 g/mol. The molecule has 0 heterocycles. The van der Waals surface area contributed by atoms with Crippen molar-refractivity contribution in [3.8, 4) is 5.75 Å². The minimum Gasteiger partial charge on any atom is -0.507 e. The third-order valence-corrected chi connectivity index (χ3v) is 5.49. The Balaban J connectivity index is 1.85. The number of phenols is 1. The number of para-hydroxylation sites is 1. The van der Waals surface area contributed by atoms with Crippen LogP contribution in [0.15, 0.2) is 24.3 Å². The standard InChI is InChI=1S/C17H22O3/c1-16(2)11-8-9-17(3,10-11)15(16)20-14(19)12-6-4-5-7-13(12)18/h4-7,11,15,18H,8-10H2,1-3H3/t11-,15-,17+/m0/s1. The van der Waals surface area contributed by atoms with Crippen LogP contribution < -0.4 is 0 Å². The van der Waals surface area contributed by atoms with Gasteiger partial charge in [-0.2, -0.15) is 0 Å². The largest absolute Gasteiger partial charge is 0.507 e. The van der Waals surface area contributed by atoms with E-state index in [-0.39, 0.29) is 28.2 Å². The molecule has 3 nitrogen and oxygen atoms in total. The molecule has 0 amide bonds. The number of carbonyl (C=O) groups excluding carboxylic acids is 1. The van der Waals surface area contributed by atoms with Gasteiger partial charge in [0.25, 0.3) is 0 Å². The summed E-state index contributed by atoms with van der Waals surface area (Å²) in [6.07, 6.45) is 3.42. The van der Waals surface area contributed by atoms with Crippen molar-refractivity contribution < 1.29 is 14.6 Å². The minimum atomic E-state index is -0.407. The van der Waals surface area contributed by atoms with E-state index in [1.807, 2.05) is 0 Å². The van der Waals surface area contributed by atoms with Crippen LogP contribution in [0.1, 0.15) is 50.4 Å².